The predicted octanol–water partition coefficient (Wildman–Crippen LogP) is 4.60. The third-order valence-electron chi connectivity index (χ3n) is 4.41. The monoisotopic (exact) mass is 323 g/mol. The minimum absolute atomic E-state index is 0.260. The van der Waals surface area contributed by atoms with Gasteiger partial charge in [-0.25, -0.2) is 0 Å². The third kappa shape index (κ3) is 4.39. The van der Waals surface area contributed by atoms with Gasteiger partial charge in [0, 0.05) is 23.5 Å². The topological polar surface area (TPSA) is 29.5 Å². The van der Waals surface area contributed by atoms with Gasteiger partial charge in [-0.15, -0.1) is 0 Å². The Bertz CT molecular complexity index is 508. The van der Waals surface area contributed by atoms with Crippen LogP contribution in [-0.2, 0) is 4.79 Å². The molecule has 1 aliphatic heterocycles. The van der Waals surface area contributed by atoms with Crippen molar-refractivity contribution in [1.29, 1.82) is 0 Å². The Balaban J connectivity index is 1.77. The first-order valence-electron chi connectivity index (χ1n) is 8.19. The van der Waals surface area contributed by atoms with Crippen molar-refractivity contribution in [2.75, 3.05) is 6.61 Å². The Hall–Kier alpha value is -1.22. The molecule has 0 aliphatic carbocycles. The van der Waals surface area contributed by atoms with Gasteiger partial charge in [-0.3, -0.25) is 4.79 Å². The van der Waals surface area contributed by atoms with Crippen LogP contribution in [0.25, 0.3) is 0 Å². The van der Waals surface area contributed by atoms with Crippen molar-refractivity contribution in [3.63, 3.8) is 0 Å². The molecule has 22 heavy (non-hydrogen) atoms. The largest absolute Gasteiger partial charge is 0.493 e. The molecule has 2 atom stereocenters. The van der Waals surface area contributed by atoms with Crippen molar-refractivity contribution in [3.05, 3.63) is 28.8 Å². The first kappa shape index (κ1) is 17.1. The molecule has 1 amide bonds. The van der Waals surface area contributed by atoms with Gasteiger partial charge in [0.15, 0.2) is 0 Å². The number of nitrogens with zero attached hydrogens (tertiary/aromatic N) is 1. The summed E-state index contributed by atoms with van der Waals surface area (Å²) in [5.74, 6) is 1.10. The van der Waals surface area contributed by atoms with Crippen molar-refractivity contribution in [2.45, 2.75) is 65.0 Å². The molecule has 1 heterocycles. The fraction of sp³-hybridized carbons (Fsp3) is 0.611. The maximum atomic E-state index is 12.4. The zero-order valence-electron chi connectivity index (χ0n) is 13.8. The van der Waals surface area contributed by atoms with Gasteiger partial charge in [0.1, 0.15) is 5.75 Å². The lowest BCUT2D eigenvalue weighted by molar-refractivity contribution is -0.137. The summed E-state index contributed by atoms with van der Waals surface area (Å²) in [5, 5.41) is 0.716. The van der Waals surface area contributed by atoms with E-state index in [-0.39, 0.29) is 5.91 Å². The summed E-state index contributed by atoms with van der Waals surface area (Å²) in [6.45, 7) is 6.84. The average Bonchev–Trinajstić information content (AvgIpc) is 2.45. The van der Waals surface area contributed by atoms with Crippen LogP contribution in [0.15, 0.2) is 18.2 Å². The van der Waals surface area contributed by atoms with Gasteiger partial charge < -0.3 is 9.64 Å². The molecule has 0 N–H and O–H groups in total. The molecule has 1 fully saturated rings. The number of halogens is 1. The molecular formula is C18H26ClNO2. The summed E-state index contributed by atoms with van der Waals surface area (Å²) in [7, 11) is 0. The van der Waals surface area contributed by atoms with E-state index in [0.29, 0.717) is 30.1 Å². The molecule has 0 aromatic heterocycles. The van der Waals surface area contributed by atoms with E-state index < -0.39 is 0 Å². The zero-order chi connectivity index (χ0) is 16.1. The Morgan fingerprint density at radius 2 is 2.00 bits per heavy atom. The second kappa shape index (κ2) is 7.87. The lowest BCUT2D eigenvalue weighted by atomic mass is 9.97. The lowest BCUT2D eigenvalue weighted by Gasteiger charge is -2.39. The van der Waals surface area contributed by atoms with Gasteiger partial charge >= 0.3 is 0 Å². The maximum absolute atomic E-state index is 12.4. The van der Waals surface area contributed by atoms with Gasteiger partial charge in [0.2, 0.25) is 5.91 Å². The maximum Gasteiger partial charge on any atom is 0.223 e. The molecule has 1 saturated heterocycles. The van der Waals surface area contributed by atoms with E-state index in [9.17, 15) is 4.79 Å². The van der Waals surface area contributed by atoms with Crippen molar-refractivity contribution in [1.82, 2.24) is 4.90 Å². The zero-order valence-corrected chi connectivity index (χ0v) is 14.5. The second-order valence-corrected chi connectivity index (χ2v) is 6.73. The number of carbonyl (C=O) groups is 1. The molecule has 2 unspecified atom stereocenters. The minimum Gasteiger partial charge on any atom is -0.493 e. The van der Waals surface area contributed by atoms with Crippen molar-refractivity contribution >= 4 is 17.5 Å². The first-order chi connectivity index (χ1) is 10.5. The van der Waals surface area contributed by atoms with Crippen LogP contribution in [0.3, 0.4) is 0 Å². The normalized spacial score (nSPS) is 21.7. The van der Waals surface area contributed by atoms with Crippen LogP contribution in [-0.4, -0.2) is 29.5 Å². The van der Waals surface area contributed by atoms with Crippen molar-refractivity contribution < 1.29 is 9.53 Å². The standard InChI is InChI=1S/C18H26ClNO2/c1-13-12-16(19)9-10-17(13)22-11-5-8-18(21)20-14(2)6-4-7-15(20)3/h9-10,12,14-15H,4-8,11H2,1-3H3. The van der Waals surface area contributed by atoms with E-state index in [1.54, 1.807) is 0 Å². The SMILES string of the molecule is Cc1cc(Cl)ccc1OCCCC(=O)N1C(C)CCCC1C. The number of piperidine rings is 1. The molecule has 1 aromatic carbocycles. The number of amides is 1. The van der Waals surface area contributed by atoms with E-state index in [1.807, 2.05) is 25.1 Å². The Morgan fingerprint density at radius 1 is 1.32 bits per heavy atom. The molecule has 4 heteroatoms. The van der Waals surface area contributed by atoms with Crippen LogP contribution in [0.2, 0.25) is 5.02 Å². The number of hydrogen-bond acceptors (Lipinski definition) is 2. The van der Waals surface area contributed by atoms with E-state index in [4.69, 9.17) is 16.3 Å². The third-order valence-corrected chi connectivity index (χ3v) is 4.65. The number of aryl methyl sites for hydroxylation is 1. The van der Waals surface area contributed by atoms with E-state index in [2.05, 4.69) is 18.7 Å². The highest BCUT2D eigenvalue weighted by atomic mass is 35.5. The number of carbonyl (C=O) groups excluding carboxylic acids is 1. The van der Waals surface area contributed by atoms with Crippen LogP contribution in [0.5, 0.6) is 5.75 Å². The van der Waals surface area contributed by atoms with Crippen LogP contribution in [0, 0.1) is 6.92 Å². The van der Waals surface area contributed by atoms with Gasteiger partial charge in [-0.1, -0.05) is 11.6 Å². The van der Waals surface area contributed by atoms with Gasteiger partial charge in [0.05, 0.1) is 6.61 Å². The quantitative estimate of drug-likeness (QED) is 0.741. The van der Waals surface area contributed by atoms with E-state index in [0.717, 1.165) is 30.6 Å². The first-order valence-corrected chi connectivity index (χ1v) is 8.57. The molecule has 0 radical (unpaired) electrons. The molecule has 1 aliphatic rings. The molecule has 2 rings (SSSR count). The van der Waals surface area contributed by atoms with Crippen LogP contribution in [0.4, 0.5) is 0 Å². The molecule has 0 saturated carbocycles. The molecule has 0 bridgehead atoms. The fourth-order valence-electron chi connectivity index (χ4n) is 3.22. The van der Waals surface area contributed by atoms with Crippen LogP contribution < -0.4 is 4.74 Å². The number of ether oxygens (including phenoxy) is 1. The molecule has 3 nitrogen and oxygen atoms in total. The Kier molecular flexibility index (Phi) is 6.13. The highest BCUT2D eigenvalue weighted by Gasteiger charge is 2.28. The fourth-order valence-corrected chi connectivity index (χ4v) is 3.45. The summed E-state index contributed by atoms with van der Waals surface area (Å²) in [6, 6.07) is 6.34. The second-order valence-electron chi connectivity index (χ2n) is 6.29. The number of likely N-dealkylation sites (tertiary alicyclic amines) is 1. The minimum atomic E-state index is 0.260. The number of rotatable bonds is 5. The molecule has 122 valence electrons. The van der Waals surface area contributed by atoms with Gasteiger partial charge in [0.25, 0.3) is 0 Å². The summed E-state index contributed by atoms with van der Waals surface area (Å²) in [6.07, 6.45) is 4.77. The molecular weight excluding hydrogens is 298 g/mol. The van der Waals surface area contributed by atoms with Crippen LogP contribution >= 0.6 is 11.6 Å². The van der Waals surface area contributed by atoms with E-state index in [1.165, 1.54) is 6.42 Å². The van der Waals surface area contributed by atoms with Gasteiger partial charge in [-0.05, 0) is 70.2 Å². The molecule has 0 spiro atoms. The summed E-state index contributed by atoms with van der Waals surface area (Å²) in [5.41, 5.74) is 1.03. The number of hydrogen-bond donors (Lipinski definition) is 0. The summed E-state index contributed by atoms with van der Waals surface area (Å²) >= 11 is 5.93. The highest BCUT2D eigenvalue weighted by molar-refractivity contribution is 6.30. The van der Waals surface area contributed by atoms with Crippen molar-refractivity contribution in [2.24, 2.45) is 0 Å². The molecule has 1 aromatic rings. The number of benzene rings is 1. The van der Waals surface area contributed by atoms with Crippen molar-refractivity contribution in [3.8, 4) is 5.75 Å². The van der Waals surface area contributed by atoms with Gasteiger partial charge in [-0.2, -0.15) is 0 Å². The van der Waals surface area contributed by atoms with E-state index >= 15 is 0 Å². The Morgan fingerprint density at radius 3 is 2.64 bits per heavy atom. The predicted molar refractivity (Wildman–Crippen MR) is 90.5 cm³/mol. The summed E-state index contributed by atoms with van der Waals surface area (Å²) < 4.78 is 5.75. The average molecular weight is 324 g/mol. The van der Waals surface area contributed by atoms with Crippen LogP contribution in [0.1, 0.15) is 51.5 Å². The highest BCUT2D eigenvalue weighted by Crippen LogP contribution is 2.24. The Labute approximate surface area is 138 Å². The smallest absolute Gasteiger partial charge is 0.223 e. The summed E-state index contributed by atoms with van der Waals surface area (Å²) in [4.78, 5) is 14.5. The lowest BCUT2D eigenvalue weighted by Crippen LogP contribution is -2.47.